The number of rotatable bonds is 10. The van der Waals surface area contributed by atoms with Crippen molar-refractivity contribution < 1.29 is 57.1 Å². The van der Waals surface area contributed by atoms with Crippen molar-refractivity contribution in [2.45, 2.75) is 65.3 Å². The molecule has 0 spiro atoms. The van der Waals surface area contributed by atoms with Gasteiger partial charge >= 0.3 is 29.8 Å². The van der Waals surface area contributed by atoms with Crippen LogP contribution < -0.4 is 0 Å². The molecule has 1 heterocycles. The van der Waals surface area contributed by atoms with Crippen molar-refractivity contribution in [2.75, 3.05) is 18.5 Å². The molecular formula is C20H27BrO12. The van der Waals surface area contributed by atoms with Crippen LogP contribution in [0, 0.1) is 0 Å². The van der Waals surface area contributed by atoms with Crippen molar-refractivity contribution in [1.82, 2.24) is 0 Å². The lowest BCUT2D eigenvalue weighted by Crippen LogP contribution is -2.62. The van der Waals surface area contributed by atoms with Gasteiger partial charge in [-0.2, -0.15) is 0 Å². The molecule has 5 atom stereocenters. The summed E-state index contributed by atoms with van der Waals surface area (Å²) >= 11 is 3.14. The fourth-order valence-electron chi connectivity index (χ4n) is 2.81. The first-order chi connectivity index (χ1) is 15.5. The zero-order chi connectivity index (χ0) is 25.1. The molecule has 13 heteroatoms. The highest BCUT2D eigenvalue weighted by atomic mass is 79.9. The number of hydrogen-bond acceptors (Lipinski definition) is 12. The topological polar surface area (TPSA) is 150 Å². The molecule has 1 aliphatic rings. The van der Waals surface area contributed by atoms with Gasteiger partial charge in [0, 0.05) is 33.0 Å². The van der Waals surface area contributed by atoms with Gasteiger partial charge in [-0.1, -0.05) is 15.9 Å². The standard InChI is InChI=1S/C20H27BrO12/c1-6-27-19(26)14(7-21)8-29-20-18(32-13(5)25)17(31-12(4)24)16(30-11(3)23)15(33-20)9-28-10(2)22/h8,15-18,20H,6-7,9H2,1-5H3/b14-8+/t15-,16-,17+,18-,20-/m1/s1. The summed E-state index contributed by atoms with van der Waals surface area (Å²) in [7, 11) is 0. The lowest BCUT2D eigenvalue weighted by Gasteiger charge is -2.43. The zero-order valence-electron chi connectivity index (χ0n) is 18.9. The molecule has 0 bridgehead atoms. The lowest BCUT2D eigenvalue weighted by molar-refractivity contribution is -0.297. The van der Waals surface area contributed by atoms with E-state index < -0.39 is 67.2 Å². The summed E-state index contributed by atoms with van der Waals surface area (Å²) in [6.07, 6.45) is -5.65. The van der Waals surface area contributed by atoms with Gasteiger partial charge in [-0.3, -0.25) is 19.2 Å². The minimum atomic E-state index is -1.44. The highest BCUT2D eigenvalue weighted by Gasteiger charge is 2.53. The van der Waals surface area contributed by atoms with E-state index in [-0.39, 0.29) is 17.5 Å². The SMILES string of the molecule is CCOC(=O)/C(=C/O[C@@H]1O[C@H](COC(C)=O)[C@@H](OC(C)=O)[C@H](OC(C)=O)[C@H]1OC(C)=O)CBr. The van der Waals surface area contributed by atoms with E-state index in [1.165, 1.54) is 0 Å². The molecule has 0 aromatic heterocycles. The predicted molar refractivity (Wildman–Crippen MR) is 112 cm³/mol. The zero-order valence-corrected chi connectivity index (χ0v) is 20.4. The molecule has 1 saturated heterocycles. The first kappa shape index (κ1) is 28.4. The van der Waals surface area contributed by atoms with Crippen LogP contribution in [0.3, 0.4) is 0 Å². The van der Waals surface area contributed by atoms with Crippen molar-refractivity contribution in [2.24, 2.45) is 0 Å². The monoisotopic (exact) mass is 538 g/mol. The highest BCUT2D eigenvalue weighted by Crippen LogP contribution is 2.30. The van der Waals surface area contributed by atoms with E-state index >= 15 is 0 Å². The van der Waals surface area contributed by atoms with Crippen LogP contribution in [0.25, 0.3) is 0 Å². The Kier molecular flexibility index (Phi) is 11.8. The second-order valence-corrected chi connectivity index (χ2v) is 7.26. The summed E-state index contributed by atoms with van der Waals surface area (Å²) in [4.78, 5) is 58.6. The van der Waals surface area contributed by atoms with Gasteiger partial charge in [-0.25, -0.2) is 4.79 Å². The Morgan fingerprint density at radius 1 is 0.818 bits per heavy atom. The minimum absolute atomic E-state index is 0.0666. The molecule has 1 aliphatic heterocycles. The average Bonchev–Trinajstić information content (AvgIpc) is 2.70. The van der Waals surface area contributed by atoms with Crippen LogP contribution in [0.15, 0.2) is 11.8 Å². The molecule has 0 aromatic carbocycles. The Hall–Kier alpha value is -2.67. The average molecular weight is 539 g/mol. The third-order valence-electron chi connectivity index (χ3n) is 3.97. The van der Waals surface area contributed by atoms with Crippen molar-refractivity contribution in [1.29, 1.82) is 0 Å². The Morgan fingerprint density at radius 2 is 1.36 bits per heavy atom. The molecule has 0 unspecified atom stereocenters. The maximum atomic E-state index is 12.0. The number of halogens is 1. The third kappa shape index (κ3) is 9.38. The van der Waals surface area contributed by atoms with Gasteiger partial charge in [0.1, 0.15) is 12.7 Å². The fourth-order valence-corrected chi connectivity index (χ4v) is 3.17. The second kappa shape index (κ2) is 13.8. The summed E-state index contributed by atoms with van der Waals surface area (Å²) < 4.78 is 37.0. The van der Waals surface area contributed by atoms with E-state index in [9.17, 15) is 24.0 Å². The summed E-state index contributed by atoms with van der Waals surface area (Å²) in [5.41, 5.74) is 0.0738. The number of carbonyl (C=O) groups excluding carboxylic acids is 5. The van der Waals surface area contributed by atoms with Crippen molar-refractivity contribution in [3.63, 3.8) is 0 Å². The Morgan fingerprint density at radius 3 is 1.85 bits per heavy atom. The van der Waals surface area contributed by atoms with Gasteiger partial charge in [0.25, 0.3) is 0 Å². The van der Waals surface area contributed by atoms with E-state index in [2.05, 4.69) is 15.9 Å². The number of hydrogen-bond donors (Lipinski definition) is 0. The largest absolute Gasteiger partial charge is 0.468 e. The minimum Gasteiger partial charge on any atom is -0.468 e. The molecule has 33 heavy (non-hydrogen) atoms. The first-order valence-electron chi connectivity index (χ1n) is 9.88. The molecule has 1 rings (SSSR count). The van der Waals surface area contributed by atoms with Gasteiger partial charge in [0.05, 0.1) is 18.4 Å². The summed E-state index contributed by atoms with van der Waals surface area (Å²) in [6.45, 7) is 5.84. The van der Waals surface area contributed by atoms with Crippen LogP contribution in [-0.4, -0.2) is 79.1 Å². The van der Waals surface area contributed by atoms with Crippen LogP contribution in [0.1, 0.15) is 34.6 Å². The molecule has 186 valence electrons. The molecule has 0 aromatic rings. The van der Waals surface area contributed by atoms with Crippen LogP contribution in [0.4, 0.5) is 0 Å². The van der Waals surface area contributed by atoms with Gasteiger partial charge in [-0.15, -0.1) is 0 Å². The molecule has 0 N–H and O–H groups in total. The smallest absolute Gasteiger partial charge is 0.337 e. The van der Waals surface area contributed by atoms with E-state index in [4.69, 9.17) is 33.2 Å². The second-order valence-electron chi connectivity index (χ2n) is 6.70. The van der Waals surface area contributed by atoms with E-state index in [0.717, 1.165) is 34.0 Å². The van der Waals surface area contributed by atoms with Crippen LogP contribution in [0.2, 0.25) is 0 Å². The number of esters is 5. The number of alkyl halides is 1. The molecule has 0 aliphatic carbocycles. The van der Waals surface area contributed by atoms with Gasteiger partial charge in [-0.05, 0) is 6.92 Å². The summed E-state index contributed by atoms with van der Waals surface area (Å²) in [5, 5.41) is 0.0666. The normalized spacial score (nSPS) is 24.8. The van der Waals surface area contributed by atoms with Gasteiger partial charge < -0.3 is 33.2 Å². The van der Waals surface area contributed by atoms with Crippen molar-refractivity contribution in [3.8, 4) is 0 Å². The quantitative estimate of drug-likeness (QED) is 0.128. The third-order valence-corrected chi connectivity index (χ3v) is 4.58. The molecular weight excluding hydrogens is 512 g/mol. The Labute approximate surface area is 198 Å². The number of ether oxygens (including phenoxy) is 7. The Balaban J connectivity index is 3.38. The van der Waals surface area contributed by atoms with Crippen LogP contribution in [0.5, 0.6) is 0 Å². The lowest BCUT2D eigenvalue weighted by atomic mass is 9.98. The summed E-state index contributed by atoms with van der Waals surface area (Å²) in [6, 6.07) is 0. The fraction of sp³-hybridized carbons (Fsp3) is 0.650. The van der Waals surface area contributed by atoms with Crippen molar-refractivity contribution in [3.05, 3.63) is 11.8 Å². The molecule has 0 radical (unpaired) electrons. The Bertz CT molecular complexity index is 764. The highest BCUT2D eigenvalue weighted by molar-refractivity contribution is 9.09. The maximum absolute atomic E-state index is 12.0. The molecule has 0 amide bonds. The number of carbonyl (C=O) groups is 5. The van der Waals surface area contributed by atoms with Crippen LogP contribution in [-0.2, 0) is 57.1 Å². The van der Waals surface area contributed by atoms with E-state index in [0.29, 0.717) is 0 Å². The summed E-state index contributed by atoms with van der Waals surface area (Å²) in [5.74, 6) is -3.61. The van der Waals surface area contributed by atoms with Gasteiger partial charge in [0.15, 0.2) is 12.2 Å². The van der Waals surface area contributed by atoms with Crippen LogP contribution >= 0.6 is 15.9 Å². The first-order valence-corrected chi connectivity index (χ1v) is 11.0. The molecule has 1 fully saturated rings. The van der Waals surface area contributed by atoms with Crippen molar-refractivity contribution >= 4 is 45.8 Å². The molecule has 12 nitrogen and oxygen atoms in total. The van der Waals surface area contributed by atoms with E-state index in [1.807, 2.05) is 0 Å². The maximum Gasteiger partial charge on any atom is 0.337 e. The van der Waals surface area contributed by atoms with E-state index in [1.54, 1.807) is 6.92 Å². The molecule has 0 saturated carbocycles. The predicted octanol–water partition coefficient (Wildman–Crippen LogP) is 0.928. The van der Waals surface area contributed by atoms with Gasteiger partial charge in [0.2, 0.25) is 12.4 Å².